The van der Waals surface area contributed by atoms with E-state index in [0.29, 0.717) is 5.46 Å². The van der Waals surface area contributed by atoms with Crippen molar-refractivity contribution < 1.29 is 27.2 Å². The van der Waals surface area contributed by atoms with E-state index in [2.05, 4.69) is 0 Å². The number of benzene rings is 1. The molecule has 2 rings (SSSR count). The van der Waals surface area contributed by atoms with Crippen LogP contribution in [0.5, 0.6) is 5.75 Å². The second-order valence-corrected chi connectivity index (χ2v) is 6.04. The van der Waals surface area contributed by atoms with E-state index < -0.39 is 30.1 Å². The number of alkyl halides is 3. The fourth-order valence-electron chi connectivity index (χ4n) is 2.05. The molecule has 1 heterocycles. The van der Waals surface area contributed by atoms with Crippen molar-refractivity contribution in [2.24, 2.45) is 0 Å². The van der Waals surface area contributed by atoms with Crippen LogP contribution >= 0.6 is 0 Å². The van der Waals surface area contributed by atoms with E-state index in [-0.39, 0.29) is 5.75 Å². The highest BCUT2D eigenvalue weighted by molar-refractivity contribution is 6.63. The molecular weight excluding hydrogens is 284 g/mol. The van der Waals surface area contributed by atoms with Gasteiger partial charge in [-0.15, -0.1) is 0 Å². The minimum Gasteiger partial charge on any atom is -0.497 e. The number of ether oxygens (including phenoxy) is 1. The van der Waals surface area contributed by atoms with Crippen molar-refractivity contribution >= 4 is 12.6 Å². The maximum Gasteiger partial charge on any atom is 0.498 e. The molecular formula is C14H18BF3O3. The Kier molecular flexibility index (Phi) is 3.79. The first-order valence-corrected chi connectivity index (χ1v) is 6.59. The Morgan fingerprint density at radius 1 is 1.05 bits per heavy atom. The molecule has 1 fully saturated rings. The van der Waals surface area contributed by atoms with Gasteiger partial charge >= 0.3 is 13.3 Å². The highest BCUT2D eigenvalue weighted by Crippen LogP contribution is 2.38. The maximum atomic E-state index is 12.7. The minimum absolute atomic E-state index is 0.100. The lowest BCUT2D eigenvalue weighted by molar-refractivity contribution is -0.137. The van der Waals surface area contributed by atoms with E-state index in [0.717, 1.165) is 12.1 Å². The average Bonchev–Trinajstić information content (AvgIpc) is 2.56. The van der Waals surface area contributed by atoms with Crippen LogP contribution in [0.1, 0.15) is 33.3 Å². The lowest BCUT2D eigenvalue weighted by Gasteiger charge is -2.32. The summed E-state index contributed by atoms with van der Waals surface area (Å²) in [6.07, 6.45) is -4.41. The van der Waals surface area contributed by atoms with Gasteiger partial charge in [-0.05, 0) is 33.8 Å². The lowest BCUT2D eigenvalue weighted by atomic mass is 9.78. The SMILES string of the molecule is COc1cc(C(F)(F)F)ccc1B1OC(C)(C)C(C)(C)O1. The van der Waals surface area contributed by atoms with Gasteiger partial charge in [0.15, 0.2) is 0 Å². The van der Waals surface area contributed by atoms with Gasteiger partial charge in [-0.3, -0.25) is 0 Å². The Morgan fingerprint density at radius 3 is 2.00 bits per heavy atom. The zero-order valence-corrected chi connectivity index (χ0v) is 12.7. The molecule has 0 spiro atoms. The van der Waals surface area contributed by atoms with E-state index in [9.17, 15) is 13.2 Å². The van der Waals surface area contributed by atoms with Crippen LogP contribution in [0.3, 0.4) is 0 Å². The molecule has 0 atom stereocenters. The van der Waals surface area contributed by atoms with Crippen LogP contribution < -0.4 is 10.2 Å². The summed E-state index contributed by atoms with van der Waals surface area (Å²) in [5, 5.41) is 0. The fourth-order valence-corrected chi connectivity index (χ4v) is 2.05. The summed E-state index contributed by atoms with van der Waals surface area (Å²) in [6.45, 7) is 7.51. The molecule has 3 nitrogen and oxygen atoms in total. The van der Waals surface area contributed by atoms with Crippen molar-refractivity contribution in [3.8, 4) is 5.75 Å². The summed E-state index contributed by atoms with van der Waals surface area (Å²) in [5.41, 5.74) is -1.44. The summed E-state index contributed by atoms with van der Waals surface area (Å²) in [7, 11) is 0.566. The second-order valence-electron chi connectivity index (χ2n) is 6.04. The van der Waals surface area contributed by atoms with Gasteiger partial charge in [0, 0.05) is 5.46 Å². The standard InChI is InChI=1S/C14H18BF3O3/c1-12(2)13(3,4)21-15(20-12)10-7-6-9(14(16,17)18)8-11(10)19-5/h6-8H,1-5H3. The van der Waals surface area contributed by atoms with Crippen LogP contribution in [0.25, 0.3) is 0 Å². The Balaban J connectivity index is 2.38. The summed E-state index contributed by atoms with van der Waals surface area (Å²) < 4.78 is 55.0. The monoisotopic (exact) mass is 302 g/mol. The summed E-state index contributed by atoms with van der Waals surface area (Å²) in [6, 6.07) is 3.30. The third kappa shape index (κ3) is 2.89. The molecule has 0 aliphatic carbocycles. The molecule has 0 N–H and O–H groups in total. The van der Waals surface area contributed by atoms with Gasteiger partial charge in [0.05, 0.1) is 23.9 Å². The van der Waals surface area contributed by atoms with Gasteiger partial charge in [0.1, 0.15) is 5.75 Å². The molecule has 7 heteroatoms. The zero-order valence-electron chi connectivity index (χ0n) is 12.7. The van der Waals surface area contributed by atoms with E-state index in [1.165, 1.54) is 13.2 Å². The average molecular weight is 302 g/mol. The Hall–Kier alpha value is -1.21. The smallest absolute Gasteiger partial charge is 0.497 e. The Morgan fingerprint density at radius 2 is 1.57 bits per heavy atom. The van der Waals surface area contributed by atoms with E-state index >= 15 is 0 Å². The van der Waals surface area contributed by atoms with E-state index in [1.54, 1.807) is 0 Å². The third-order valence-corrected chi connectivity index (χ3v) is 4.07. The van der Waals surface area contributed by atoms with Crippen molar-refractivity contribution in [3.63, 3.8) is 0 Å². The van der Waals surface area contributed by atoms with Gasteiger partial charge in [-0.1, -0.05) is 12.1 Å². The predicted octanol–water partition coefficient (Wildman–Crippen LogP) is 3.01. The third-order valence-electron chi connectivity index (χ3n) is 4.07. The van der Waals surface area contributed by atoms with Gasteiger partial charge in [0.2, 0.25) is 0 Å². The molecule has 0 amide bonds. The molecule has 0 bridgehead atoms. The molecule has 1 aromatic rings. The van der Waals surface area contributed by atoms with Crippen LogP contribution in [-0.2, 0) is 15.5 Å². The van der Waals surface area contributed by atoms with Crippen molar-refractivity contribution in [3.05, 3.63) is 23.8 Å². The highest BCUT2D eigenvalue weighted by atomic mass is 19.4. The van der Waals surface area contributed by atoms with Gasteiger partial charge in [0.25, 0.3) is 0 Å². The van der Waals surface area contributed by atoms with Crippen LogP contribution in [0.15, 0.2) is 18.2 Å². The topological polar surface area (TPSA) is 27.7 Å². The first-order valence-electron chi connectivity index (χ1n) is 6.59. The predicted molar refractivity (Wildman–Crippen MR) is 73.7 cm³/mol. The van der Waals surface area contributed by atoms with Crippen LogP contribution in [0, 0.1) is 0 Å². The van der Waals surface area contributed by atoms with Crippen LogP contribution in [0.4, 0.5) is 13.2 Å². The van der Waals surface area contributed by atoms with Gasteiger partial charge in [-0.2, -0.15) is 13.2 Å². The summed E-state index contributed by atoms with van der Waals surface area (Å²) in [5.74, 6) is 0.100. The van der Waals surface area contributed by atoms with Crippen molar-refractivity contribution in [1.29, 1.82) is 0 Å². The van der Waals surface area contributed by atoms with Crippen LogP contribution in [0.2, 0.25) is 0 Å². The molecule has 21 heavy (non-hydrogen) atoms. The summed E-state index contributed by atoms with van der Waals surface area (Å²) >= 11 is 0. The number of methoxy groups -OCH3 is 1. The lowest BCUT2D eigenvalue weighted by Crippen LogP contribution is -2.41. The van der Waals surface area contributed by atoms with E-state index in [1.807, 2.05) is 27.7 Å². The first kappa shape index (κ1) is 16.2. The second kappa shape index (κ2) is 4.92. The number of halogens is 3. The van der Waals surface area contributed by atoms with Crippen molar-refractivity contribution in [2.75, 3.05) is 7.11 Å². The fraction of sp³-hybridized carbons (Fsp3) is 0.571. The highest BCUT2D eigenvalue weighted by Gasteiger charge is 2.52. The van der Waals surface area contributed by atoms with E-state index in [4.69, 9.17) is 14.0 Å². The largest absolute Gasteiger partial charge is 0.498 e. The number of hydrogen-bond donors (Lipinski definition) is 0. The summed E-state index contributed by atoms with van der Waals surface area (Å²) in [4.78, 5) is 0. The van der Waals surface area contributed by atoms with Crippen LogP contribution in [-0.4, -0.2) is 25.4 Å². The van der Waals surface area contributed by atoms with Gasteiger partial charge < -0.3 is 14.0 Å². The molecule has 0 radical (unpaired) electrons. The molecule has 0 saturated carbocycles. The minimum atomic E-state index is -4.41. The number of hydrogen-bond acceptors (Lipinski definition) is 3. The zero-order chi connectivity index (χ0) is 16.1. The molecule has 1 saturated heterocycles. The molecule has 0 aromatic heterocycles. The molecule has 116 valence electrons. The molecule has 1 aromatic carbocycles. The van der Waals surface area contributed by atoms with Crippen molar-refractivity contribution in [2.45, 2.75) is 45.1 Å². The Bertz CT molecular complexity index is 525. The molecule has 1 aliphatic heterocycles. The quantitative estimate of drug-likeness (QED) is 0.786. The van der Waals surface area contributed by atoms with Crippen molar-refractivity contribution in [1.82, 2.24) is 0 Å². The first-order chi connectivity index (χ1) is 9.48. The Labute approximate surface area is 122 Å². The maximum absolute atomic E-state index is 12.7. The molecule has 0 unspecified atom stereocenters. The number of rotatable bonds is 2. The normalized spacial score (nSPS) is 20.7. The van der Waals surface area contributed by atoms with Gasteiger partial charge in [-0.25, -0.2) is 0 Å². The molecule has 1 aliphatic rings.